The lowest BCUT2D eigenvalue weighted by Crippen LogP contribution is -2.53. The summed E-state index contributed by atoms with van der Waals surface area (Å²) < 4.78 is 5.74. The van der Waals surface area contributed by atoms with Crippen molar-refractivity contribution in [1.82, 2.24) is 5.32 Å². The smallest absolute Gasteiger partial charge is 0.302 e. The van der Waals surface area contributed by atoms with E-state index in [4.69, 9.17) is 4.74 Å². The summed E-state index contributed by atoms with van der Waals surface area (Å²) in [6.07, 6.45) is 9.00. The summed E-state index contributed by atoms with van der Waals surface area (Å²) in [5.74, 6) is 2.90. The van der Waals surface area contributed by atoms with Crippen molar-refractivity contribution < 1.29 is 14.3 Å². The number of ether oxygens (including phenoxy) is 1. The minimum Gasteiger partial charge on any atom is -0.462 e. The summed E-state index contributed by atoms with van der Waals surface area (Å²) in [6.45, 7) is 7.26. The van der Waals surface area contributed by atoms with E-state index in [0.29, 0.717) is 23.7 Å². The quantitative estimate of drug-likeness (QED) is 0.736. The van der Waals surface area contributed by atoms with E-state index in [0.717, 1.165) is 31.2 Å². The van der Waals surface area contributed by atoms with E-state index in [9.17, 15) is 9.59 Å². The molecule has 1 saturated heterocycles. The zero-order valence-corrected chi connectivity index (χ0v) is 16.0. The highest BCUT2D eigenvalue weighted by Gasteiger charge is 2.60. The molecule has 4 rings (SSSR count). The average molecular weight is 347 g/mol. The molecule has 1 amide bonds. The highest BCUT2D eigenvalue weighted by molar-refractivity contribution is 5.76. The van der Waals surface area contributed by atoms with Gasteiger partial charge in [-0.05, 0) is 74.0 Å². The molecule has 0 spiro atoms. The Balaban J connectivity index is 1.59. The fraction of sp³-hybridized carbons (Fsp3) is 0.905. The molecule has 4 fully saturated rings. The van der Waals surface area contributed by atoms with Gasteiger partial charge in [0.2, 0.25) is 5.91 Å². The number of carbonyl (C=O) groups excluding carboxylic acids is 2. The molecular formula is C21H33NO3. The van der Waals surface area contributed by atoms with Crippen LogP contribution in [0, 0.1) is 34.5 Å². The maximum Gasteiger partial charge on any atom is 0.302 e. The van der Waals surface area contributed by atoms with Gasteiger partial charge in [-0.25, -0.2) is 0 Å². The summed E-state index contributed by atoms with van der Waals surface area (Å²) in [6, 6.07) is 0. The van der Waals surface area contributed by atoms with Crippen molar-refractivity contribution >= 4 is 11.9 Å². The van der Waals surface area contributed by atoms with Crippen LogP contribution in [0.25, 0.3) is 0 Å². The van der Waals surface area contributed by atoms with Gasteiger partial charge < -0.3 is 10.1 Å². The average Bonchev–Trinajstić information content (AvgIpc) is 2.79. The van der Waals surface area contributed by atoms with Gasteiger partial charge in [0.15, 0.2) is 0 Å². The zero-order chi connectivity index (χ0) is 17.8. The van der Waals surface area contributed by atoms with E-state index in [-0.39, 0.29) is 23.4 Å². The molecule has 1 N–H and O–H groups in total. The molecular weight excluding hydrogens is 314 g/mol. The summed E-state index contributed by atoms with van der Waals surface area (Å²) in [7, 11) is 0. The molecule has 0 aromatic heterocycles. The second-order valence-corrected chi connectivity index (χ2v) is 9.68. The van der Waals surface area contributed by atoms with Gasteiger partial charge in [0, 0.05) is 25.3 Å². The summed E-state index contributed by atoms with van der Waals surface area (Å²) in [5, 5.41) is 3.15. The van der Waals surface area contributed by atoms with E-state index in [2.05, 4.69) is 19.2 Å². The first-order valence-corrected chi connectivity index (χ1v) is 10.3. The normalized spacial score (nSPS) is 49.2. The number of hydrogen-bond acceptors (Lipinski definition) is 3. The Morgan fingerprint density at radius 1 is 1.04 bits per heavy atom. The second-order valence-electron chi connectivity index (χ2n) is 9.68. The lowest BCUT2D eigenvalue weighted by Gasteiger charge is -2.58. The number of hydrogen-bond donors (Lipinski definition) is 1. The number of amides is 1. The van der Waals surface area contributed by atoms with Crippen LogP contribution in [-0.2, 0) is 14.3 Å². The maximum atomic E-state index is 11.9. The molecule has 3 saturated carbocycles. The van der Waals surface area contributed by atoms with Gasteiger partial charge in [-0.1, -0.05) is 13.8 Å². The van der Waals surface area contributed by atoms with E-state index in [1.54, 1.807) is 6.92 Å². The standard InChI is InChI=1S/C21H33NO3/c1-13(23)25-18-7-6-16-15-5-4-14-12-22-19(24)9-11-20(14,2)17(15)8-10-21(16,18)3/h14-18H,4-12H2,1-3H3,(H,22,24)/t14-,15-,16-,17-,18-,20-,21-/m0/s1. The third kappa shape index (κ3) is 2.62. The van der Waals surface area contributed by atoms with Crippen molar-refractivity contribution in [2.45, 2.75) is 78.2 Å². The van der Waals surface area contributed by atoms with Gasteiger partial charge in [-0.3, -0.25) is 9.59 Å². The maximum absolute atomic E-state index is 11.9. The first-order valence-electron chi connectivity index (χ1n) is 10.3. The number of nitrogens with one attached hydrogen (secondary N) is 1. The molecule has 0 radical (unpaired) electrons. The number of esters is 1. The lowest BCUT2D eigenvalue weighted by molar-refractivity contribution is -0.159. The molecule has 7 atom stereocenters. The zero-order valence-electron chi connectivity index (χ0n) is 16.0. The Morgan fingerprint density at radius 2 is 1.80 bits per heavy atom. The van der Waals surface area contributed by atoms with Gasteiger partial charge in [0.25, 0.3) is 0 Å². The topological polar surface area (TPSA) is 55.4 Å². The van der Waals surface area contributed by atoms with E-state index >= 15 is 0 Å². The van der Waals surface area contributed by atoms with E-state index in [1.807, 2.05) is 0 Å². The summed E-state index contributed by atoms with van der Waals surface area (Å²) in [5.41, 5.74) is 0.456. The van der Waals surface area contributed by atoms with Crippen LogP contribution < -0.4 is 5.32 Å². The number of carbonyl (C=O) groups is 2. The van der Waals surface area contributed by atoms with Crippen LogP contribution in [0.4, 0.5) is 0 Å². The molecule has 1 heterocycles. The lowest BCUT2D eigenvalue weighted by atomic mass is 9.47. The minimum atomic E-state index is -0.127. The molecule has 4 nitrogen and oxygen atoms in total. The van der Waals surface area contributed by atoms with Crippen molar-refractivity contribution in [3.63, 3.8) is 0 Å². The van der Waals surface area contributed by atoms with Crippen LogP contribution >= 0.6 is 0 Å². The molecule has 4 aliphatic rings. The molecule has 0 aromatic rings. The Labute approximate surface area is 151 Å². The Morgan fingerprint density at radius 3 is 2.56 bits per heavy atom. The van der Waals surface area contributed by atoms with Crippen LogP contribution in [0.1, 0.15) is 72.1 Å². The van der Waals surface area contributed by atoms with E-state index in [1.165, 1.54) is 32.1 Å². The van der Waals surface area contributed by atoms with Crippen molar-refractivity contribution in [3.05, 3.63) is 0 Å². The SMILES string of the molecule is CC(=O)O[C@H]1CC[C@H]2[C@@H]3CC[C@H]4CNC(=O)CC[C@]4(C)[C@H]3CC[C@]12C. The first-order chi connectivity index (χ1) is 11.8. The van der Waals surface area contributed by atoms with Crippen LogP contribution in [0.15, 0.2) is 0 Å². The van der Waals surface area contributed by atoms with Crippen molar-refractivity contribution in [2.24, 2.45) is 34.5 Å². The molecule has 0 unspecified atom stereocenters. The third-order valence-corrected chi connectivity index (χ3v) is 8.72. The highest BCUT2D eigenvalue weighted by atomic mass is 16.5. The Bertz CT molecular complexity index is 575. The van der Waals surface area contributed by atoms with Crippen LogP contribution in [0.3, 0.4) is 0 Å². The van der Waals surface area contributed by atoms with Crippen molar-refractivity contribution in [1.29, 1.82) is 0 Å². The fourth-order valence-electron chi connectivity index (χ4n) is 7.31. The molecule has 4 heteroatoms. The largest absolute Gasteiger partial charge is 0.462 e. The molecule has 0 bridgehead atoms. The summed E-state index contributed by atoms with van der Waals surface area (Å²) >= 11 is 0. The predicted octanol–water partition coefficient (Wildman–Crippen LogP) is 3.69. The van der Waals surface area contributed by atoms with Crippen LogP contribution in [-0.4, -0.2) is 24.5 Å². The van der Waals surface area contributed by atoms with Crippen LogP contribution in [0.2, 0.25) is 0 Å². The fourth-order valence-corrected chi connectivity index (χ4v) is 7.31. The molecule has 1 aliphatic heterocycles. The van der Waals surface area contributed by atoms with Gasteiger partial charge in [0.05, 0.1) is 0 Å². The van der Waals surface area contributed by atoms with E-state index < -0.39 is 0 Å². The third-order valence-electron chi connectivity index (χ3n) is 8.72. The van der Waals surface area contributed by atoms with Gasteiger partial charge in [-0.2, -0.15) is 0 Å². The number of rotatable bonds is 1. The first kappa shape index (κ1) is 17.4. The van der Waals surface area contributed by atoms with Crippen molar-refractivity contribution in [2.75, 3.05) is 6.54 Å². The molecule has 3 aliphatic carbocycles. The molecule has 0 aromatic carbocycles. The van der Waals surface area contributed by atoms with Crippen LogP contribution in [0.5, 0.6) is 0 Å². The molecule has 140 valence electrons. The predicted molar refractivity (Wildman–Crippen MR) is 95.7 cm³/mol. The van der Waals surface area contributed by atoms with Gasteiger partial charge in [0.1, 0.15) is 6.10 Å². The Hall–Kier alpha value is -1.06. The molecule has 25 heavy (non-hydrogen) atoms. The summed E-state index contributed by atoms with van der Waals surface area (Å²) in [4.78, 5) is 23.5. The Kier molecular flexibility index (Phi) is 4.16. The van der Waals surface area contributed by atoms with Gasteiger partial charge in [-0.15, -0.1) is 0 Å². The van der Waals surface area contributed by atoms with Crippen molar-refractivity contribution in [3.8, 4) is 0 Å². The number of fused-ring (bicyclic) bond motifs is 5. The highest BCUT2D eigenvalue weighted by Crippen LogP contribution is 2.65. The minimum absolute atomic E-state index is 0.110. The monoisotopic (exact) mass is 347 g/mol. The second kappa shape index (κ2) is 5.99. The van der Waals surface area contributed by atoms with Gasteiger partial charge >= 0.3 is 5.97 Å².